The van der Waals surface area contributed by atoms with Gasteiger partial charge in [-0.2, -0.15) is 5.26 Å². The van der Waals surface area contributed by atoms with Crippen molar-refractivity contribution in [3.63, 3.8) is 0 Å². The third-order valence-corrected chi connectivity index (χ3v) is 4.74. The first-order valence-corrected chi connectivity index (χ1v) is 9.67. The van der Waals surface area contributed by atoms with Crippen LogP contribution in [0.4, 0.5) is 4.79 Å². The molecule has 4 amide bonds. The zero-order valence-electron chi connectivity index (χ0n) is 17.3. The molecule has 1 aromatic carbocycles. The highest BCUT2D eigenvalue weighted by atomic mass is 16.6. The predicted octanol–water partition coefficient (Wildman–Crippen LogP) is 1.48. The summed E-state index contributed by atoms with van der Waals surface area (Å²) in [4.78, 5) is 50.0. The summed E-state index contributed by atoms with van der Waals surface area (Å²) in [5.41, 5.74) is -0.789. The Labute approximate surface area is 175 Å². The van der Waals surface area contributed by atoms with Crippen molar-refractivity contribution in [2.45, 2.75) is 51.3 Å². The maximum Gasteiger partial charge on any atom is 0.408 e. The van der Waals surface area contributed by atoms with Gasteiger partial charge >= 0.3 is 6.09 Å². The number of rotatable bonds is 7. The SMILES string of the molecule is CC(C)CC(OC(=O)NCc1ccccc1)C(=O)NC1(C#N)CC(=O)N(C)C(=O)C1. The number of carbonyl (C=O) groups is 4. The van der Waals surface area contributed by atoms with Crippen LogP contribution in [0.25, 0.3) is 0 Å². The van der Waals surface area contributed by atoms with Crippen molar-refractivity contribution in [1.29, 1.82) is 5.26 Å². The van der Waals surface area contributed by atoms with Crippen molar-refractivity contribution in [2.75, 3.05) is 7.05 Å². The van der Waals surface area contributed by atoms with E-state index in [1.54, 1.807) is 0 Å². The fourth-order valence-electron chi connectivity index (χ4n) is 3.04. The second-order valence-electron chi connectivity index (χ2n) is 7.75. The van der Waals surface area contributed by atoms with Gasteiger partial charge in [-0.05, 0) is 17.9 Å². The predicted molar refractivity (Wildman–Crippen MR) is 107 cm³/mol. The number of piperidine rings is 1. The maximum atomic E-state index is 12.8. The fourth-order valence-corrected chi connectivity index (χ4v) is 3.04. The third-order valence-electron chi connectivity index (χ3n) is 4.74. The number of amides is 4. The summed E-state index contributed by atoms with van der Waals surface area (Å²) in [6, 6.07) is 11.1. The summed E-state index contributed by atoms with van der Waals surface area (Å²) < 4.78 is 5.30. The van der Waals surface area contributed by atoms with Crippen molar-refractivity contribution < 1.29 is 23.9 Å². The van der Waals surface area contributed by atoms with Crippen LogP contribution in [-0.2, 0) is 25.7 Å². The smallest absolute Gasteiger partial charge is 0.408 e. The molecule has 9 heteroatoms. The molecule has 2 rings (SSSR count). The molecule has 160 valence electrons. The molecule has 0 aliphatic carbocycles. The Kier molecular flexibility index (Phi) is 7.53. The van der Waals surface area contributed by atoms with Crippen molar-refractivity contribution in [3.05, 3.63) is 35.9 Å². The molecule has 1 saturated heterocycles. The van der Waals surface area contributed by atoms with Crippen molar-refractivity contribution >= 4 is 23.8 Å². The van der Waals surface area contributed by atoms with Gasteiger partial charge in [-0.1, -0.05) is 44.2 Å². The zero-order chi connectivity index (χ0) is 22.3. The van der Waals surface area contributed by atoms with E-state index in [1.165, 1.54) is 7.05 Å². The molecule has 1 aromatic rings. The van der Waals surface area contributed by atoms with Gasteiger partial charge in [0.1, 0.15) is 5.54 Å². The minimum Gasteiger partial charge on any atom is -0.436 e. The fraction of sp³-hybridized carbons (Fsp3) is 0.476. The van der Waals surface area contributed by atoms with Gasteiger partial charge in [0.2, 0.25) is 11.8 Å². The zero-order valence-corrected chi connectivity index (χ0v) is 17.3. The molecule has 0 spiro atoms. The number of nitrogens with one attached hydrogen (secondary N) is 2. The van der Waals surface area contributed by atoms with Crippen LogP contribution in [0.2, 0.25) is 0 Å². The van der Waals surface area contributed by atoms with Crippen LogP contribution in [0.1, 0.15) is 38.7 Å². The maximum absolute atomic E-state index is 12.8. The van der Waals surface area contributed by atoms with E-state index in [2.05, 4.69) is 10.6 Å². The number of hydrogen-bond donors (Lipinski definition) is 2. The molecular weight excluding hydrogens is 388 g/mol. The van der Waals surface area contributed by atoms with E-state index in [-0.39, 0.29) is 31.7 Å². The summed E-state index contributed by atoms with van der Waals surface area (Å²) in [5, 5.41) is 14.6. The number of benzene rings is 1. The van der Waals surface area contributed by atoms with Crippen LogP contribution in [0.15, 0.2) is 30.3 Å². The summed E-state index contributed by atoms with van der Waals surface area (Å²) in [5.74, 6) is -1.82. The molecule has 1 heterocycles. The second kappa shape index (κ2) is 9.87. The van der Waals surface area contributed by atoms with Gasteiger partial charge in [-0.25, -0.2) is 4.79 Å². The van der Waals surface area contributed by atoms with Crippen LogP contribution >= 0.6 is 0 Å². The van der Waals surface area contributed by atoms with Crippen molar-refractivity contribution in [1.82, 2.24) is 15.5 Å². The van der Waals surface area contributed by atoms with Crippen molar-refractivity contribution in [3.8, 4) is 6.07 Å². The lowest BCUT2D eigenvalue weighted by atomic mass is 9.87. The summed E-state index contributed by atoms with van der Waals surface area (Å²) in [6.07, 6.45) is -2.39. The Hall–Kier alpha value is -3.41. The molecule has 1 aliphatic heterocycles. The number of hydrogen-bond acceptors (Lipinski definition) is 6. The Morgan fingerprint density at radius 3 is 2.33 bits per heavy atom. The van der Waals surface area contributed by atoms with Gasteiger partial charge < -0.3 is 15.4 Å². The van der Waals surface area contributed by atoms with E-state index in [4.69, 9.17) is 4.74 Å². The lowest BCUT2D eigenvalue weighted by Gasteiger charge is -2.35. The standard InChI is InChI=1S/C21H26N4O5/c1-14(2)9-16(30-20(29)23-12-15-7-5-4-6-8-15)19(28)24-21(13-22)10-17(26)25(3)18(27)11-21/h4-8,14,16H,9-12H2,1-3H3,(H,23,29)(H,24,28). The quantitative estimate of drug-likeness (QED) is 0.651. The third kappa shape index (κ3) is 6.04. The highest BCUT2D eigenvalue weighted by Gasteiger charge is 2.45. The number of nitrogens with zero attached hydrogens (tertiary/aromatic N) is 2. The average molecular weight is 414 g/mol. The molecule has 1 atom stereocenters. The topological polar surface area (TPSA) is 129 Å². The molecular formula is C21H26N4O5. The highest BCUT2D eigenvalue weighted by Crippen LogP contribution is 2.24. The van der Waals surface area contributed by atoms with Gasteiger partial charge in [0.25, 0.3) is 5.91 Å². The molecule has 0 saturated carbocycles. The number of imide groups is 1. The Morgan fingerprint density at radius 1 is 1.20 bits per heavy atom. The molecule has 1 fully saturated rings. The van der Waals surface area contributed by atoms with Gasteiger partial charge in [0, 0.05) is 13.6 Å². The molecule has 0 radical (unpaired) electrons. The van der Waals surface area contributed by atoms with Crippen LogP contribution in [0.3, 0.4) is 0 Å². The lowest BCUT2D eigenvalue weighted by Crippen LogP contribution is -2.59. The van der Waals surface area contributed by atoms with E-state index in [1.807, 2.05) is 50.2 Å². The number of carbonyl (C=O) groups excluding carboxylic acids is 4. The Morgan fingerprint density at radius 2 is 1.80 bits per heavy atom. The second-order valence-corrected chi connectivity index (χ2v) is 7.75. The number of likely N-dealkylation sites (tertiary alicyclic amines) is 1. The summed E-state index contributed by atoms with van der Waals surface area (Å²) in [6.45, 7) is 3.94. The van der Waals surface area contributed by atoms with E-state index in [9.17, 15) is 24.4 Å². The van der Waals surface area contributed by atoms with Gasteiger partial charge in [-0.15, -0.1) is 0 Å². The molecule has 2 N–H and O–H groups in total. The summed E-state index contributed by atoms with van der Waals surface area (Å²) in [7, 11) is 1.33. The average Bonchev–Trinajstić information content (AvgIpc) is 2.70. The number of ether oxygens (including phenoxy) is 1. The molecule has 0 bridgehead atoms. The first-order chi connectivity index (χ1) is 14.2. The molecule has 1 unspecified atom stereocenters. The van der Waals surface area contributed by atoms with E-state index >= 15 is 0 Å². The molecule has 0 aromatic heterocycles. The first kappa shape index (κ1) is 22.9. The first-order valence-electron chi connectivity index (χ1n) is 9.67. The normalized spacial score (nSPS) is 16.6. The van der Waals surface area contributed by atoms with E-state index < -0.39 is 35.5 Å². The van der Waals surface area contributed by atoms with Gasteiger partial charge in [0.15, 0.2) is 6.10 Å². The minimum atomic E-state index is -1.66. The number of nitriles is 1. The van der Waals surface area contributed by atoms with Crippen molar-refractivity contribution in [2.24, 2.45) is 5.92 Å². The minimum absolute atomic E-state index is 0.0152. The van der Waals surface area contributed by atoms with Gasteiger partial charge in [-0.3, -0.25) is 19.3 Å². The van der Waals surface area contributed by atoms with Crippen LogP contribution in [-0.4, -0.2) is 47.4 Å². The Balaban J connectivity index is 2.05. The molecule has 9 nitrogen and oxygen atoms in total. The van der Waals surface area contributed by atoms with Gasteiger partial charge in [0.05, 0.1) is 18.9 Å². The lowest BCUT2D eigenvalue weighted by molar-refractivity contribution is -0.149. The van der Waals surface area contributed by atoms with E-state index in [0.29, 0.717) is 0 Å². The Bertz CT molecular complexity index is 829. The van der Waals surface area contributed by atoms with Crippen LogP contribution < -0.4 is 10.6 Å². The summed E-state index contributed by atoms with van der Waals surface area (Å²) >= 11 is 0. The molecule has 30 heavy (non-hydrogen) atoms. The number of alkyl carbamates (subject to hydrolysis) is 1. The molecule has 1 aliphatic rings. The highest BCUT2D eigenvalue weighted by molar-refractivity contribution is 6.00. The van der Waals surface area contributed by atoms with E-state index in [0.717, 1.165) is 10.5 Å². The monoisotopic (exact) mass is 414 g/mol. The van der Waals surface area contributed by atoms with Crippen LogP contribution in [0.5, 0.6) is 0 Å². The van der Waals surface area contributed by atoms with Crippen LogP contribution in [0, 0.1) is 17.2 Å². The largest absolute Gasteiger partial charge is 0.436 e.